The first kappa shape index (κ1) is 21.1. The minimum absolute atomic E-state index is 0.0393. The lowest BCUT2D eigenvalue weighted by Gasteiger charge is -2.31. The van der Waals surface area contributed by atoms with E-state index < -0.39 is 0 Å². The minimum Gasteiger partial charge on any atom is -0.396 e. The van der Waals surface area contributed by atoms with Gasteiger partial charge in [0.15, 0.2) is 0 Å². The van der Waals surface area contributed by atoms with Crippen LogP contribution in [0.25, 0.3) is 0 Å². The summed E-state index contributed by atoms with van der Waals surface area (Å²) in [5, 5.41) is 10.4. The van der Waals surface area contributed by atoms with Crippen LogP contribution in [0, 0.1) is 19.8 Å². The summed E-state index contributed by atoms with van der Waals surface area (Å²) in [7, 11) is 0. The molecule has 0 spiro atoms. The molecule has 2 atom stereocenters. The van der Waals surface area contributed by atoms with E-state index in [-0.39, 0.29) is 36.5 Å². The molecule has 2 aliphatic heterocycles. The van der Waals surface area contributed by atoms with Crippen molar-refractivity contribution in [3.05, 3.63) is 67.1 Å². The molecule has 4 rings (SSSR count). The Morgan fingerprint density at radius 3 is 2.80 bits per heavy atom. The fraction of sp³-hybridized carbons (Fsp3) is 0.478. The molecule has 0 saturated carbocycles. The van der Waals surface area contributed by atoms with E-state index in [9.17, 15) is 14.7 Å². The van der Waals surface area contributed by atoms with E-state index in [0.717, 1.165) is 28.8 Å². The molecule has 1 fully saturated rings. The molecule has 30 heavy (non-hydrogen) atoms. The first-order chi connectivity index (χ1) is 14.4. The van der Waals surface area contributed by atoms with Crippen molar-refractivity contribution in [1.82, 2.24) is 9.88 Å². The monoisotopic (exact) mass is 430 g/mol. The van der Waals surface area contributed by atoms with Gasteiger partial charge in [-0.25, -0.2) is 0 Å². The molecule has 0 radical (unpaired) electrons. The second kappa shape index (κ2) is 8.53. The van der Waals surface area contributed by atoms with E-state index in [0.29, 0.717) is 42.3 Å². The summed E-state index contributed by atoms with van der Waals surface area (Å²) < 4.78 is 5.49. The van der Waals surface area contributed by atoms with Gasteiger partial charge in [0, 0.05) is 30.3 Å². The van der Waals surface area contributed by atoms with Crippen molar-refractivity contribution in [2.24, 2.45) is 5.92 Å². The third-order valence-electron chi connectivity index (χ3n) is 6.38. The number of halogens is 1. The molecule has 2 aliphatic rings. The van der Waals surface area contributed by atoms with E-state index in [1.165, 1.54) is 0 Å². The Kier molecular flexibility index (Phi) is 6.00. The Bertz CT molecular complexity index is 1030. The number of pyridine rings is 1. The second-order valence-corrected chi connectivity index (χ2v) is 8.71. The highest BCUT2D eigenvalue weighted by atomic mass is 35.5. The molecule has 7 heteroatoms. The SMILES string of the molecule is Cc1cc(C)c(CN2CCc3ccc([C@H](CO)[C@@H]4CCOC4)c(Cl)c3C2=O)c(=O)[nH]1. The summed E-state index contributed by atoms with van der Waals surface area (Å²) in [6, 6.07) is 5.81. The third-order valence-corrected chi connectivity index (χ3v) is 6.79. The van der Waals surface area contributed by atoms with Crippen molar-refractivity contribution in [1.29, 1.82) is 0 Å². The minimum atomic E-state index is -0.165. The number of rotatable bonds is 5. The molecule has 0 unspecified atom stereocenters. The van der Waals surface area contributed by atoms with Crippen molar-refractivity contribution in [3.63, 3.8) is 0 Å². The maximum absolute atomic E-state index is 13.4. The summed E-state index contributed by atoms with van der Waals surface area (Å²) >= 11 is 6.76. The van der Waals surface area contributed by atoms with E-state index in [4.69, 9.17) is 16.3 Å². The Morgan fingerprint density at radius 2 is 2.13 bits per heavy atom. The maximum Gasteiger partial charge on any atom is 0.255 e. The van der Waals surface area contributed by atoms with Crippen LogP contribution in [0.3, 0.4) is 0 Å². The lowest BCUT2D eigenvalue weighted by Crippen LogP contribution is -2.39. The fourth-order valence-corrected chi connectivity index (χ4v) is 5.07. The van der Waals surface area contributed by atoms with Crippen LogP contribution in [0.15, 0.2) is 23.0 Å². The van der Waals surface area contributed by atoms with Gasteiger partial charge in [0.1, 0.15) is 0 Å². The third kappa shape index (κ3) is 3.80. The van der Waals surface area contributed by atoms with Gasteiger partial charge >= 0.3 is 0 Å². The highest BCUT2D eigenvalue weighted by Crippen LogP contribution is 2.38. The van der Waals surface area contributed by atoms with Gasteiger partial charge in [0.2, 0.25) is 0 Å². The van der Waals surface area contributed by atoms with Crippen LogP contribution in [0.4, 0.5) is 0 Å². The van der Waals surface area contributed by atoms with Crippen LogP contribution in [0.5, 0.6) is 0 Å². The predicted molar refractivity (Wildman–Crippen MR) is 115 cm³/mol. The van der Waals surface area contributed by atoms with Crippen molar-refractivity contribution in [2.75, 3.05) is 26.4 Å². The fourth-order valence-electron chi connectivity index (χ4n) is 4.66. The zero-order chi connectivity index (χ0) is 21.4. The second-order valence-electron chi connectivity index (χ2n) is 8.34. The summed E-state index contributed by atoms with van der Waals surface area (Å²) in [4.78, 5) is 30.3. The number of carbonyl (C=O) groups is 1. The van der Waals surface area contributed by atoms with Gasteiger partial charge in [-0.05, 0) is 55.4 Å². The molecule has 2 N–H and O–H groups in total. The average Bonchev–Trinajstić information content (AvgIpc) is 3.22. The molecule has 6 nitrogen and oxygen atoms in total. The summed E-state index contributed by atoms with van der Waals surface area (Å²) in [5.74, 6) is -0.133. The van der Waals surface area contributed by atoms with E-state index >= 15 is 0 Å². The summed E-state index contributed by atoms with van der Waals surface area (Å²) in [6.07, 6.45) is 1.55. The number of aliphatic hydroxyl groups is 1. The number of H-pyrrole nitrogens is 1. The number of ether oxygens (including phenoxy) is 1. The number of aryl methyl sites for hydroxylation is 2. The Morgan fingerprint density at radius 1 is 1.33 bits per heavy atom. The van der Waals surface area contributed by atoms with Crippen molar-refractivity contribution in [3.8, 4) is 0 Å². The zero-order valence-corrected chi connectivity index (χ0v) is 18.1. The van der Waals surface area contributed by atoms with Crippen molar-refractivity contribution >= 4 is 17.5 Å². The van der Waals surface area contributed by atoms with E-state index in [2.05, 4.69) is 4.98 Å². The lowest BCUT2D eigenvalue weighted by molar-refractivity contribution is 0.0726. The molecule has 1 saturated heterocycles. The number of benzene rings is 1. The Balaban J connectivity index is 1.66. The maximum atomic E-state index is 13.4. The topological polar surface area (TPSA) is 82.6 Å². The predicted octanol–water partition coefficient (Wildman–Crippen LogP) is 2.96. The Hall–Kier alpha value is -2.15. The molecule has 0 bridgehead atoms. The number of aromatic nitrogens is 1. The standard InChI is InChI=1S/C23H27ClN2O4/c1-13-9-14(2)25-22(28)18(13)10-26-7-5-15-3-4-17(21(24)20(15)23(26)29)19(11-27)16-6-8-30-12-16/h3-4,9,16,19,27H,5-8,10-12H2,1-2H3,(H,25,28)/t16-,19-/m1/s1. The molecule has 3 heterocycles. The number of hydrogen-bond donors (Lipinski definition) is 2. The van der Waals surface area contributed by atoms with Crippen LogP contribution < -0.4 is 5.56 Å². The highest BCUT2D eigenvalue weighted by Gasteiger charge is 2.33. The van der Waals surface area contributed by atoms with Gasteiger partial charge in [0.25, 0.3) is 11.5 Å². The van der Waals surface area contributed by atoms with Crippen molar-refractivity contribution < 1.29 is 14.6 Å². The quantitative estimate of drug-likeness (QED) is 0.764. The summed E-state index contributed by atoms with van der Waals surface area (Å²) in [5.41, 5.74) is 4.32. The molecule has 2 aromatic rings. The smallest absolute Gasteiger partial charge is 0.255 e. The van der Waals surface area contributed by atoms with Gasteiger partial charge in [-0.1, -0.05) is 23.7 Å². The molecule has 0 aliphatic carbocycles. The average molecular weight is 431 g/mol. The lowest BCUT2D eigenvalue weighted by atomic mass is 9.83. The van der Waals surface area contributed by atoms with Crippen LogP contribution in [-0.2, 0) is 17.7 Å². The zero-order valence-electron chi connectivity index (χ0n) is 17.3. The number of nitrogens with zero attached hydrogens (tertiary/aromatic N) is 1. The number of carbonyl (C=O) groups excluding carboxylic acids is 1. The number of fused-ring (bicyclic) bond motifs is 1. The highest BCUT2D eigenvalue weighted by molar-refractivity contribution is 6.35. The van der Waals surface area contributed by atoms with Crippen LogP contribution >= 0.6 is 11.6 Å². The van der Waals surface area contributed by atoms with Gasteiger partial charge in [-0.3, -0.25) is 9.59 Å². The van der Waals surface area contributed by atoms with Gasteiger partial charge in [-0.2, -0.15) is 0 Å². The van der Waals surface area contributed by atoms with Crippen LogP contribution in [-0.4, -0.2) is 47.3 Å². The molecular formula is C23H27ClN2O4. The molecule has 160 valence electrons. The number of aliphatic hydroxyl groups excluding tert-OH is 1. The van der Waals surface area contributed by atoms with E-state index in [1.807, 2.05) is 32.0 Å². The summed E-state index contributed by atoms with van der Waals surface area (Å²) in [6.45, 7) is 5.75. The normalized spacial score (nSPS) is 19.8. The van der Waals surface area contributed by atoms with Crippen molar-refractivity contribution in [2.45, 2.75) is 39.2 Å². The number of aromatic amines is 1. The number of nitrogens with one attached hydrogen (secondary N) is 1. The number of hydrogen-bond acceptors (Lipinski definition) is 4. The molecule has 1 aromatic heterocycles. The largest absolute Gasteiger partial charge is 0.396 e. The van der Waals surface area contributed by atoms with Gasteiger partial charge < -0.3 is 19.7 Å². The van der Waals surface area contributed by atoms with E-state index in [1.54, 1.807) is 4.90 Å². The van der Waals surface area contributed by atoms with Gasteiger partial charge in [-0.15, -0.1) is 0 Å². The first-order valence-corrected chi connectivity index (χ1v) is 10.8. The molecule has 1 amide bonds. The first-order valence-electron chi connectivity index (χ1n) is 10.4. The molecule has 1 aromatic carbocycles. The van der Waals surface area contributed by atoms with Crippen LogP contribution in [0.1, 0.15) is 50.6 Å². The number of amides is 1. The van der Waals surface area contributed by atoms with Crippen LogP contribution in [0.2, 0.25) is 5.02 Å². The van der Waals surface area contributed by atoms with Gasteiger partial charge in [0.05, 0.1) is 30.3 Å². The Labute approximate surface area is 180 Å². The molecular weight excluding hydrogens is 404 g/mol.